The molecule has 206 valence electrons. The van der Waals surface area contributed by atoms with Crippen LogP contribution in [-0.4, -0.2) is 51.2 Å². The Labute approximate surface area is 221 Å². The second-order valence-electron chi connectivity index (χ2n) is 10.4. The SMILES string of the molecule is C=C(C[C@@H](CCOCCCCc1ccc2c(n1)NCCC2)C(=O)O)C(=O)C1(n2ccnc2C(C)(F)F)CC1. The number of halogens is 2. The molecule has 2 aromatic rings. The van der Waals surface area contributed by atoms with Crippen molar-refractivity contribution in [3.8, 4) is 0 Å². The smallest absolute Gasteiger partial charge is 0.306 e. The zero-order chi connectivity index (χ0) is 27.3. The number of carboxylic acid groups (broad SMARTS) is 1. The number of carboxylic acids is 1. The van der Waals surface area contributed by atoms with Gasteiger partial charge in [-0.2, -0.15) is 8.78 Å². The predicted molar refractivity (Wildman–Crippen MR) is 138 cm³/mol. The van der Waals surface area contributed by atoms with Crippen molar-refractivity contribution in [2.24, 2.45) is 5.92 Å². The van der Waals surface area contributed by atoms with E-state index in [1.54, 1.807) is 0 Å². The van der Waals surface area contributed by atoms with Crippen molar-refractivity contribution in [1.82, 2.24) is 14.5 Å². The Morgan fingerprint density at radius 2 is 2.08 bits per heavy atom. The first-order valence-electron chi connectivity index (χ1n) is 13.3. The lowest BCUT2D eigenvalue weighted by molar-refractivity contribution is -0.142. The second kappa shape index (κ2) is 11.7. The number of anilines is 1. The monoisotopic (exact) mass is 530 g/mol. The van der Waals surface area contributed by atoms with Gasteiger partial charge in [0, 0.05) is 44.8 Å². The lowest BCUT2D eigenvalue weighted by atomic mass is 9.91. The van der Waals surface area contributed by atoms with E-state index < -0.39 is 35.0 Å². The van der Waals surface area contributed by atoms with Gasteiger partial charge >= 0.3 is 11.9 Å². The number of imidazole rings is 1. The Morgan fingerprint density at radius 1 is 1.29 bits per heavy atom. The van der Waals surface area contributed by atoms with Crippen LogP contribution in [0.15, 0.2) is 36.7 Å². The maximum atomic E-state index is 14.0. The number of aliphatic carboxylic acids is 1. The molecule has 0 saturated heterocycles. The number of nitrogens with zero attached hydrogens (tertiary/aromatic N) is 3. The molecule has 1 atom stereocenters. The fraction of sp³-hybridized carbons (Fsp3) is 0.571. The van der Waals surface area contributed by atoms with Gasteiger partial charge in [0.25, 0.3) is 0 Å². The molecule has 0 radical (unpaired) electrons. The third-order valence-corrected chi connectivity index (χ3v) is 7.34. The minimum absolute atomic E-state index is 0.0517. The number of alkyl halides is 2. The summed E-state index contributed by atoms with van der Waals surface area (Å²) in [6.07, 6.45) is 8.38. The van der Waals surface area contributed by atoms with E-state index in [1.165, 1.54) is 22.5 Å². The first-order chi connectivity index (χ1) is 18.1. The van der Waals surface area contributed by atoms with E-state index in [2.05, 4.69) is 29.0 Å². The highest BCUT2D eigenvalue weighted by molar-refractivity contribution is 6.03. The van der Waals surface area contributed by atoms with Crippen LogP contribution in [0, 0.1) is 5.92 Å². The van der Waals surface area contributed by atoms with E-state index in [0.717, 1.165) is 57.1 Å². The molecule has 8 nitrogen and oxygen atoms in total. The molecule has 2 N–H and O–H groups in total. The molecule has 2 aliphatic rings. The third-order valence-electron chi connectivity index (χ3n) is 7.34. The zero-order valence-electron chi connectivity index (χ0n) is 21.8. The molecule has 0 bridgehead atoms. The van der Waals surface area contributed by atoms with Gasteiger partial charge in [0.2, 0.25) is 0 Å². The third kappa shape index (κ3) is 6.46. The minimum atomic E-state index is -3.20. The standard InChI is InChI=1S/C28H36F2N4O4/c1-19(23(35)28(11-12-28)34-15-14-32-26(34)27(2,29)30)18-21(25(36)37)10-17-38-16-4-3-7-22-9-8-20-6-5-13-31-24(20)33-22/h8-9,14-15,21H,1,3-7,10-13,16-18H2,2H3,(H,31,33)(H,36,37)/t21-/m1/s1. The number of carbonyl (C=O) groups is 2. The molecule has 0 unspecified atom stereocenters. The zero-order valence-corrected chi connectivity index (χ0v) is 21.8. The van der Waals surface area contributed by atoms with Gasteiger partial charge in [-0.25, -0.2) is 9.97 Å². The van der Waals surface area contributed by atoms with Crippen LogP contribution in [0.1, 0.15) is 69.0 Å². The molecule has 38 heavy (non-hydrogen) atoms. The Bertz CT molecular complexity index is 1170. The van der Waals surface area contributed by atoms with Gasteiger partial charge in [0.15, 0.2) is 11.6 Å². The molecule has 1 aliphatic heterocycles. The van der Waals surface area contributed by atoms with E-state index in [-0.39, 0.29) is 25.0 Å². The fourth-order valence-corrected chi connectivity index (χ4v) is 5.05. The minimum Gasteiger partial charge on any atom is -0.481 e. The molecule has 0 amide bonds. The molecule has 4 rings (SSSR count). The number of hydrogen-bond donors (Lipinski definition) is 2. The number of pyridine rings is 1. The van der Waals surface area contributed by atoms with Gasteiger partial charge in [-0.05, 0) is 75.0 Å². The predicted octanol–water partition coefficient (Wildman–Crippen LogP) is 4.88. The van der Waals surface area contributed by atoms with Crippen LogP contribution < -0.4 is 5.32 Å². The number of rotatable bonds is 15. The van der Waals surface area contributed by atoms with E-state index in [0.29, 0.717) is 19.4 Å². The first-order valence-corrected chi connectivity index (χ1v) is 13.3. The number of fused-ring (bicyclic) bond motifs is 1. The lowest BCUT2D eigenvalue weighted by Crippen LogP contribution is -2.33. The highest BCUT2D eigenvalue weighted by Crippen LogP contribution is 2.48. The van der Waals surface area contributed by atoms with E-state index >= 15 is 0 Å². The molecule has 3 heterocycles. The number of nitrogens with one attached hydrogen (secondary N) is 1. The summed E-state index contributed by atoms with van der Waals surface area (Å²) in [5.41, 5.74) is 1.29. The molecule has 1 aliphatic carbocycles. The van der Waals surface area contributed by atoms with E-state index in [4.69, 9.17) is 9.72 Å². The Morgan fingerprint density at radius 3 is 2.79 bits per heavy atom. The molecular weight excluding hydrogens is 494 g/mol. The molecule has 1 saturated carbocycles. The molecular formula is C28H36F2N4O4. The molecule has 1 fully saturated rings. The molecule has 0 aromatic carbocycles. The number of aromatic nitrogens is 3. The average molecular weight is 531 g/mol. The topological polar surface area (TPSA) is 106 Å². The van der Waals surface area contributed by atoms with Crippen molar-refractivity contribution in [2.75, 3.05) is 25.1 Å². The van der Waals surface area contributed by atoms with Gasteiger partial charge in [0.1, 0.15) is 11.4 Å². The summed E-state index contributed by atoms with van der Waals surface area (Å²) < 4.78 is 34.8. The number of aryl methyl sites for hydroxylation is 2. The summed E-state index contributed by atoms with van der Waals surface area (Å²) in [4.78, 5) is 33.4. The summed E-state index contributed by atoms with van der Waals surface area (Å²) in [6, 6.07) is 4.22. The number of ether oxygens (including phenoxy) is 1. The Balaban J connectivity index is 1.20. The second-order valence-corrected chi connectivity index (χ2v) is 10.4. The van der Waals surface area contributed by atoms with Crippen molar-refractivity contribution < 1.29 is 28.2 Å². The van der Waals surface area contributed by atoms with Gasteiger partial charge in [0.05, 0.1) is 5.92 Å². The van der Waals surface area contributed by atoms with Crippen LogP contribution in [0.4, 0.5) is 14.6 Å². The molecule has 0 spiro atoms. The summed E-state index contributed by atoms with van der Waals surface area (Å²) in [5, 5.41) is 13.0. The highest BCUT2D eigenvalue weighted by Gasteiger charge is 2.54. The molecule has 10 heteroatoms. The number of allylic oxidation sites excluding steroid dienone is 1. The van der Waals surface area contributed by atoms with Crippen LogP contribution in [0.2, 0.25) is 0 Å². The summed E-state index contributed by atoms with van der Waals surface area (Å²) in [6.45, 7) is 6.28. The fourth-order valence-electron chi connectivity index (χ4n) is 5.05. The van der Waals surface area contributed by atoms with E-state index in [1.807, 2.05) is 0 Å². The highest BCUT2D eigenvalue weighted by atomic mass is 19.3. The lowest BCUT2D eigenvalue weighted by Gasteiger charge is -2.23. The van der Waals surface area contributed by atoms with Crippen LogP contribution in [0.3, 0.4) is 0 Å². The van der Waals surface area contributed by atoms with Crippen LogP contribution in [-0.2, 0) is 38.6 Å². The van der Waals surface area contributed by atoms with Crippen LogP contribution in [0.5, 0.6) is 0 Å². The number of Topliss-reactive ketones (excluding diaryl/α,β-unsaturated/α-hetero) is 1. The maximum Gasteiger partial charge on any atom is 0.306 e. The van der Waals surface area contributed by atoms with Crippen molar-refractivity contribution in [1.29, 1.82) is 0 Å². The van der Waals surface area contributed by atoms with Crippen molar-refractivity contribution in [3.63, 3.8) is 0 Å². The molecule has 2 aromatic heterocycles. The number of hydrogen-bond acceptors (Lipinski definition) is 6. The van der Waals surface area contributed by atoms with Gasteiger partial charge in [-0.3, -0.25) is 9.59 Å². The van der Waals surface area contributed by atoms with Gasteiger partial charge in [-0.15, -0.1) is 0 Å². The van der Waals surface area contributed by atoms with E-state index in [9.17, 15) is 23.5 Å². The van der Waals surface area contributed by atoms with Crippen LogP contribution in [0.25, 0.3) is 0 Å². The quantitative estimate of drug-likeness (QED) is 0.250. The summed E-state index contributed by atoms with van der Waals surface area (Å²) >= 11 is 0. The maximum absolute atomic E-state index is 14.0. The number of ketones is 1. The first kappa shape index (κ1) is 27.9. The normalized spacial score (nSPS) is 16.8. The van der Waals surface area contributed by atoms with Crippen molar-refractivity contribution in [3.05, 3.63) is 53.8 Å². The number of unbranched alkanes of at least 4 members (excludes halogenated alkanes) is 1. The summed E-state index contributed by atoms with van der Waals surface area (Å²) in [7, 11) is 0. The van der Waals surface area contributed by atoms with Crippen LogP contribution >= 0.6 is 0 Å². The van der Waals surface area contributed by atoms with Gasteiger partial charge in [-0.1, -0.05) is 12.6 Å². The van der Waals surface area contributed by atoms with Crippen molar-refractivity contribution >= 4 is 17.6 Å². The van der Waals surface area contributed by atoms with Gasteiger partial charge < -0.3 is 19.7 Å². The average Bonchev–Trinajstić information content (AvgIpc) is 3.52. The Kier molecular flexibility index (Phi) is 8.60. The largest absolute Gasteiger partial charge is 0.481 e. The number of carbonyl (C=O) groups excluding carboxylic acids is 1. The summed E-state index contributed by atoms with van der Waals surface area (Å²) in [5.74, 6) is -4.97. The Hall–Kier alpha value is -3.14. The van der Waals surface area contributed by atoms with Crippen molar-refractivity contribution in [2.45, 2.75) is 76.2 Å².